The number of carboxylic acids is 1. The minimum atomic E-state index is -1.03. The van der Waals surface area contributed by atoms with Gasteiger partial charge in [-0.1, -0.05) is 72.8 Å². The Kier molecular flexibility index (Phi) is 40.6. The number of primary amides is 4. The molecule has 16 N–H and O–H groups in total. The maximum atomic E-state index is 12.1. The van der Waals surface area contributed by atoms with Crippen LogP contribution in [-0.4, -0.2) is 103 Å². The van der Waals surface area contributed by atoms with E-state index in [1.807, 2.05) is 211 Å². The predicted molar refractivity (Wildman–Crippen MR) is 557 cm³/mol. The van der Waals surface area contributed by atoms with Gasteiger partial charge < -0.3 is 116 Å². The molecular formula is C115H114LiN9O25. The van der Waals surface area contributed by atoms with E-state index in [4.69, 9.17) is 89.0 Å². The molecule has 770 valence electrons. The summed E-state index contributed by atoms with van der Waals surface area (Å²) >= 11 is 0. The van der Waals surface area contributed by atoms with E-state index in [-0.39, 0.29) is 93.5 Å². The maximum Gasteiger partial charge on any atom is 1.00 e. The normalized spacial score (nSPS) is 10.7. The van der Waals surface area contributed by atoms with Crippen molar-refractivity contribution in [2.24, 2.45) is 34.4 Å². The average Bonchev–Trinajstić information content (AvgIpc) is 1.60. The Labute approximate surface area is 876 Å². The third-order valence-corrected chi connectivity index (χ3v) is 22.4. The van der Waals surface area contributed by atoms with Gasteiger partial charge in [-0.05, 0) is 278 Å². The molecule has 0 saturated heterocycles. The summed E-state index contributed by atoms with van der Waals surface area (Å²) in [5.74, 6) is -2.69. The van der Waals surface area contributed by atoms with Crippen LogP contribution in [0.4, 0.5) is 9.59 Å². The Morgan fingerprint density at radius 2 is 0.620 bits per heavy atom. The second-order valence-corrected chi connectivity index (χ2v) is 35.9. The fraction of sp³-hybridized carbons (Fsp3) is 0.209. The van der Waals surface area contributed by atoms with Gasteiger partial charge in [-0.15, -0.1) is 0 Å². The number of hydrogen-bond acceptors (Lipinski definition) is 27. The number of nitrogens with one attached hydrogen (secondary N) is 2. The van der Waals surface area contributed by atoms with Crippen LogP contribution in [0.1, 0.15) is 152 Å². The van der Waals surface area contributed by atoms with Crippen LogP contribution in [0.25, 0.3) is 88.4 Å². The fourth-order valence-electron chi connectivity index (χ4n) is 15.6. The zero-order chi connectivity index (χ0) is 106. The van der Waals surface area contributed by atoms with Gasteiger partial charge in [-0.25, -0.2) is 9.59 Å². The Morgan fingerprint density at radius 3 is 0.880 bits per heavy atom. The summed E-state index contributed by atoms with van der Waals surface area (Å²) in [5.41, 5.74) is 52.1. The molecule has 12 aromatic carbocycles. The predicted octanol–water partition coefficient (Wildman–Crippen LogP) is 15.9. The molecule has 0 aliphatic heterocycles. The summed E-state index contributed by atoms with van der Waals surface area (Å²) < 4.78 is 72.3. The first-order valence-electron chi connectivity index (χ1n) is 46.6. The molecule has 0 atom stereocenters. The number of furan rings is 4. The van der Waals surface area contributed by atoms with E-state index in [1.54, 1.807) is 79.6 Å². The van der Waals surface area contributed by atoms with Gasteiger partial charge in [-0.2, -0.15) is 5.26 Å². The molecule has 16 aromatic rings. The first-order chi connectivity index (χ1) is 70.8. The summed E-state index contributed by atoms with van der Waals surface area (Å²) in [6.45, 7) is 14.6. The summed E-state index contributed by atoms with van der Waals surface area (Å²) in [5, 5.41) is 27.7. The zero-order valence-corrected chi connectivity index (χ0v) is 84.6. The van der Waals surface area contributed by atoms with Gasteiger partial charge in [0.05, 0.1) is 83.7 Å². The number of carbonyl (C=O) groups excluding carboxylic acids is 9. The molecule has 0 bridgehead atoms. The number of carboxylic acid groups (broad SMARTS) is 1. The zero-order valence-electron chi connectivity index (χ0n) is 84.6. The number of rotatable bonds is 33. The number of alkyl carbamates (subject to hydrolysis) is 2. The Bertz CT molecular complexity index is 7600. The minimum absolute atomic E-state index is 0. The summed E-state index contributed by atoms with van der Waals surface area (Å²) in [4.78, 5) is 115. The number of ether oxygens (including phenoxy) is 9. The van der Waals surface area contributed by atoms with E-state index in [2.05, 4.69) is 22.4 Å². The molecule has 4 heterocycles. The number of fused-ring (bicyclic) bond motifs is 4. The van der Waals surface area contributed by atoms with E-state index < -0.39 is 65.0 Å². The van der Waals surface area contributed by atoms with Crippen molar-refractivity contribution in [3.8, 4) is 73.6 Å². The Morgan fingerprint density at radius 1 is 0.353 bits per heavy atom. The number of nitrogens with two attached hydrogens (primary N) is 6. The van der Waals surface area contributed by atoms with Gasteiger partial charge >= 0.3 is 54.9 Å². The molecule has 0 saturated carbocycles. The second kappa shape index (κ2) is 53.4. The molecule has 6 amide bonds. The molecular weight excluding hydrogens is 1910 g/mol. The van der Waals surface area contributed by atoms with E-state index in [0.717, 1.165) is 133 Å². The number of aliphatic carboxylic acids is 1. The smallest absolute Gasteiger partial charge is 0.870 e. The van der Waals surface area contributed by atoms with Gasteiger partial charge in [0, 0.05) is 116 Å². The molecule has 0 fully saturated rings. The monoisotopic (exact) mass is 2030 g/mol. The van der Waals surface area contributed by atoms with Crippen molar-refractivity contribution < 1.29 is 138 Å². The number of amides is 6. The third kappa shape index (κ3) is 32.6. The van der Waals surface area contributed by atoms with Gasteiger partial charge in [0.2, 0.25) is 23.6 Å². The van der Waals surface area contributed by atoms with Crippen LogP contribution < -0.4 is 82.8 Å². The molecule has 0 radical (unpaired) electrons. The second-order valence-electron chi connectivity index (χ2n) is 35.9. The van der Waals surface area contributed by atoms with E-state index in [9.17, 15) is 58.3 Å². The minimum Gasteiger partial charge on any atom is -0.870 e. The van der Waals surface area contributed by atoms with E-state index in [1.165, 1.54) is 46.5 Å². The van der Waals surface area contributed by atoms with Crippen molar-refractivity contribution in [1.82, 2.24) is 10.6 Å². The number of esters is 3. The number of carbonyl (C=O) groups is 10. The Hall–Kier alpha value is -17.7. The summed E-state index contributed by atoms with van der Waals surface area (Å²) in [6.07, 6.45) is 5.21. The van der Waals surface area contributed by atoms with E-state index in [0.29, 0.717) is 82.6 Å². The molecule has 35 heteroatoms. The largest absolute Gasteiger partial charge is 1.00 e. The molecule has 16 rings (SSSR count). The van der Waals surface area contributed by atoms with Crippen LogP contribution in [-0.2, 0) is 126 Å². The third-order valence-electron chi connectivity index (χ3n) is 22.4. The first-order valence-corrected chi connectivity index (χ1v) is 46.6. The van der Waals surface area contributed by atoms with Gasteiger partial charge in [0.1, 0.15) is 83.0 Å². The standard InChI is InChI=1S/C31H32N2O7.C31H30N2O6.C26H24N2O5.C25H22N2O5.C2H5NO.Li.H2O/c1-31(2,3)40-30(36)33-17-19-6-5-7-21(12-19)25-14-20(13-22-10-11-38-28(22)25)18-39-26-9-8-23(29(32)35)15-24(26)16-27(34)37-4;1-31(2,3)39-30(35)33-18-21-6-5-7-23(13-21)26-15-22(14-24-10-11-37-29(24)26)19-38-27-9-8-20(17-32)12-25(27)16-28(34)36-4;1-31-24(29)13-21-12-20(26(28)30)5-6-23(21)33-15-17-10-19-7-8-32-25(19)22(11-17)18-4-2-3-16(9-18)14-27;26-13-15-2-1-3-17(8-15)21-10-16(9-18-6-7-31-24(18)21)14-32-22-5-4-19(25(27)30)11-20(22)12-23(28)29;1-2(3)4;;/h5-15H,16-18H2,1-4H3,(H2,32,35)(H,33,36);5-15H,16,18-19H2,1-4H3,(H,33,35);2-12H,13-15,27H2,1H3,(H2,28,30);1-11H,12-14,26H2,(H2,27,30)(H,28,29);1H3,(H2,3,4);;1H2/q;;;;;+1;/p-1. The molecule has 0 aliphatic carbocycles. The first kappa shape index (κ1) is 114. The molecule has 34 nitrogen and oxygen atoms in total. The molecule has 4 aromatic heterocycles. The number of nitriles is 1. The quantitative estimate of drug-likeness (QED) is 0.0105. The van der Waals surface area contributed by atoms with Gasteiger partial charge in [-0.3, -0.25) is 38.4 Å². The summed E-state index contributed by atoms with van der Waals surface area (Å²) in [7, 11) is 3.93. The van der Waals surface area contributed by atoms with Crippen LogP contribution in [0, 0.1) is 11.3 Å². The molecule has 0 unspecified atom stereocenters. The van der Waals surface area contributed by atoms with Crippen molar-refractivity contribution in [3.05, 3.63) is 357 Å². The van der Waals surface area contributed by atoms with Crippen LogP contribution in [0.15, 0.2) is 285 Å². The SMILES string of the molecule is CC(N)=O.COC(=O)Cc1cc(C#N)ccc1OCc1cc(-c2cccc(CNC(=O)OC(C)(C)C)c2)c2occc2c1.COC(=O)Cc1cc(C(N)=O)ccc1OCc1cc(-c2cccc(CN)c2)c2occc2c1.COC(=O)Cc1cc(C(N)=O)ccc1OCc1cc(-c2cccc(CNC(=O)OC(C)(C)C)c2)c2occc2c1.NCc1cccc(-c2cc(COc3ccc(C(N)=O)cc3CC(=O)O)cc3ccoc23)c1.[Li+].[OH-]. The summed E-state index contributed by atoms with van der Waals surface area (Å²) in [6, 6.07) is 76.1. The van der Waals surface area contributed by atoms with Crippen LogP contribution in [0.5, 0.6) is 23.0 Å². The van der Waals surface area contributed by atoms with E-state index >= 15 is 0 Å². The van der Waals surface area contributed by atoms with Crippen molar-refractivity contribution in [2.75, 3.05) is 21.3 Å². The van der Waals surface area contributed by atoms with Crippen molar-refractivity contribution in [3.63, 3.8) is 0 Å². The molecule has 150 heavy (non-hydrogen) atoms. The van der Waals surface area contributed by atoms with Crippen LogP contribution in [0.3, 0.4) is 0 Å². The van der Waals surface area contributed by atoms with Gasteiger partial charge in [0.25, 0.3) is 0 Å². The number of nitrogens with zero attached hydrogens (tertiary/aromatic N) is 1. The van der Waals surface area contributed by atoms with Gasteiger partial charge in [0.15, 0.2) is 0 Å². The number of methoxy groups -OCH3 is 3. The average molecular weight is 2030 g/mol. The fourth-order valence-corrected chi connectivity index (χ4v) is 15.6. The topological polar surface area (TPSA) is 561 Å². The maximum absolute atomic E-state index is 12.1. The Balaban J connectivity index is 0.000000202. The number of benzene rings is 12. The molecule has 0 spiro atoms. The van der Waals surface area contributed by atoms with Crippen LogP contribution in [0.2, 0.25) is 0 Å². The van der Waals surface area contributed by atoms with Crippen LogP contribution >= 0.6 is 0 Å². The number of hydrogen-bond donors (Lipinski definition) is 9. The van der Waals surface area contributed by atoms with Crippen molar-refractivity contribution in [2.45, 2.75) is 138 Å². The van der Waals surface area contributed by atoms with Crippen molar-refractivity contribution in [1.29, 1.82) is 5.26 Å². The van der Waals surface area contributed by atoms with Crippen molar-refractivity contribution >= 4 is 104 Å². The molecule has 0 aliphatic rings.